The van der Waals surface area contributed by atoms with Crippen molar-refractivity contribution in [1.29, 1.82) is 0 Å². The molecule has 0 spiro atoms. The van der Waals surface area contributed by atoms with Gasteiger partial charge in [0.1, 0.15) is 5.75 Å². The molecule has 4 aromatic rings. The number of primary amides is 1. The first kappa shape index (κ1) is 18.9. The van der Waals surface area contributed by atoms with E-state index in [1.54, 1.807) is 23.2 Å². The van der Waals surface area contributed by atoms with Crippen LogP contribution in [-0.4, -0.2) is 39.5 Å². The molecule has 3 aromatic carbocycles. The van der Waals surface area contributed by atoms with Crippen LogP contribution in [0.3, 0.4) is 0 Å². The zero-order valence-electron chi connectivity index (χ0n) is 16.8. The number of likely N-dealkylation sites (tertiary alicyclic amines) is 1. The Morgan fingerprint density at radius 3 is 2.58 bits per heavy atom. The number of aromatic nitrogens is 1. The summed E-state index contributed by atoms with van der Waals surface area (Å²) in [4.78, 5) is 25.7. The number of phenolic OH excluding ortho intramolecular Hbond substituents is 1. The van der Waals surface area contributed by atoms with Crippen molar-refractivity contribution in [3.8, 4) is 16.9 Å². The third-order valence-electron chi connectivity index (χ3n) is 6.00. The first-order valence-electron chi connectivity index (χ1n) is 10.0. The molecule has 0 radical (unpaired) electrons. The van der Waals surface area contributed by atoms with Crippen LogP contribution in [-0.2, 0) is 4.79 Å². The molecule has 154 valence electrons. The van der Waals surface area contributed by atoms with Crippen molar-refractivity contribution in [3.05, 3.63) is 79.0 Å². The normalized spacial score (nSPS) is 14.0. The number of hydrogen-bond donors (Lipinski definition) is 2. The molecule has 0 aliphatic carbocycles. The minimum absolute atomic E-state index is 0.0759. The van der Waals surface area contributed by atoms with Gasteiger partial charge < -0.3 is 20.3 Å². The number of hydrogen-bond acceptors (Lipinski definition) is 3. The van der Waals surface area contributed by atoms with Crippen molar-refractivity contribution < 1.29 is 14.7 Å². The molecule has 1 fully saturated rings. The standard InChI is InChI=1S/C25H21N3O3/c1-2-24(30)27-12-17(13-27)28-14-22(25(26)31)21-10-16(7-8-23(21)28)20-11-18(29)9-15-5-3-4-6-19(15)20/h2-11,14,17,29H,1,12-13H2,(H2,26,31). The summed E-state index contributed by atoms with van der Waals surface area (Å²) < 4.78 is 2.02. The lowest BCUT2D eigenvalue weighted by atomic mass is 9.96. The topological polar surface area (TPSA) is 88.6 Å². The van der Waals surface area contributed by atoms with Gasteiger partial charge in [0.05, 0.1) is 11.6 Å². The number of fused-ring (bicyclic) bond motifs is 2. The third-order valence-corrected chi connectivity index (χ3v) is 6.00. The fraction of sp³-hybridized carbons (Fsp3) is 0.120. The van der Waals surface area contributed by atoms with E-state index in [0.717, 1.165) is 32.8 Å². The summed E-state index contributed by atoms with van der Waals surface area (Å²) >= 11 is 0. The van der Waals surface area contributed by atoms with Gasteiger partial charge in [0, 0.05) is 30.2 Å². The number of carbonyl (C=O) groups excluding carboxylic acids is 2. The second kappa shape index (κ2) is 7.02. The minimum atomic E-state index is -0.500. The molecule has 0 unspecified atom stereocenters. The van der Waals surface area contributed by atoms with Crippen LogP contribution in [0, 0.1) is 0 Å². The van der Waals surface area contributed by atoms with Gasteiger partial charge >= 0.3 is 0 Å². The molecule has 31 heavy (non-hydrogen) atoms. The van der Waals surface area contributed by atoms with Crippen LogP contribution < -0.4 is 5.73 Å². The van der Waals surface area contributed by atoms with Crippen LogP contribution in [0.2, 0.25) is 0 Å². The molecule has 1 aliphatic rings. The van der Waals surface area contributed by atoms with E-state index in [1.165, 1.54) is 6.08 Å². The van der Waals surface area contributed by atoms with E-state index in [2.05, 4.69) is 6.58 Å². The lowest BCUT2D eigenvalue weighted by Crippen LogP contribution is -2.49. The maximum atomic E-state index is 12.2. The summed E-state index contributed by atoms with van der Waals surface area (Å²) in [5.74, 6) is -0.413. The van der Waals surface area contributed by atoms with Crippen molar-refractivity contribution in [2.45, 2.75) is 6.04 Å². The molecule has 1 aromatic heterocycles. The number of nitrogens with two attached hydrogens (primary N) is 1. The first-order valence-corrected chi connectivity index (χ1v) is 10.0. The van der Waals surface area contributed by atoms with Gasteiger partial charge in [-0.1, -0.05) is 36.9 Å². The highest BCUT2D eigenvalue weighted by atomic mass is 16.3. The maximum Gasteiger partial charge on any atom is 0.250 e. The van der Waals surface area contributed by atoms with Crippen LogP contribution in [0.4, 0.5) is 0 Å². The van der Waals surface area contributed by atoms with Gasteiger partial charge in [-0.2, -0.15) is 0 Å². The monoisotopic (exact) mass is 411 g/mol. The molecule has 1 saturated heterocycles. The van der Waals surface area contributed by atoms with Crippen LogP contribution >= 0.6 is 0 Å². The van der Waals surface area contributed by atoms with Gasteiger partial charge in [0.15, 0.2) is 0 Å². The van der Waals surface area contributed by atoms with Crippen molar-refractivity contribution >= 4 is 33.5 Å². The van der Waals surface area contributed by atoms with Crippen molar-refractivity contribution in [2.75, 3.05) is 13.1 Å². The third kappa shape index (κ3) is 3.04. The highest BCUT2D eigenvalue weighted by Gasteiger charge is 2.32. The molecule has 2 amide bonds. The second-order valence-corrected chi connectivity index (χ2v) is 7.86. The van der Waals surface area contributed by atoms with Gasteiger partial charge in [0.25, 0.3) is 5.91 Å². The fourth-order valence-corrected chi connectivity index (χ4v) is 4.39. The van der Waals surface area contributed by atoms with E-state index in [0.29, 0.717) is 18.7 Å². The Morgan fingerprint density at radius 2 is 1.84 bits per heavy atom. The van der Waals surface area contributed by atoms with Crippen molar-refractivity contribution in [2.24, 2.45) is 5.73 Å². The van der Waals surface area contributed by atoms with Crippen LogP contribution in [0.1, 0.15) is 16.4 Å². The van der Waals surface area contributed by atoms with Crippen molar-refractivity contribution in [1.82, 2.24) is 9.47 Å². The zero-order chi connectivity index (χ0) is 21.7. The predicted molar refractivity (Wildman–Crippen MR) is 121 cm³/mol. The maximum absolute atomic E-state index is 12.2. The van der Waals surface area contributed by atoms with Gasteiger partial charge in [-0.25, -0.2) is 0 Å². The van der Waals surface area contributed by atoms with E-state index in [-0.39, 0.29) is 17.7 Å². The Bertz CT molecular complexity index is 1380. The Hall–Kier alpha value is -4.06. The fourth-order valence-electron chi connectivity index (χ4n) is 4.39. The molecular formula is C25H21N3O3. The van der Waals surface area contributed by atoms with Gasteiger partial charge in [-0.05, 0) is 52.2 Å². The highest BCUT2D eigenvalue weighted by Crippen LogP contribution is 2.36. The zero-order valence-corrected chi connectivity index (χ0v) is 16.8. The van der Waals surface area contributed by atoms with Gasteiger partial charge in [-0.15, -0.1) is 0 Å². The number of aromatic hydroxyl groups is 1. The lowest BCUT2D eigenvalue weighted by Gasteiger charge is -2.39. The average Bonchev–Trinajstić information content (AvgIpc) is 3.10. The Labute approximate surface area is 178 Å². The summed E-state index contributed by atoms with van der Waals surface area (Å²) in [6.45, 7) is 4.65. The Morgan fingerprint density at radius 1 is 1.06 bits per heavy atom. The molecule has 0 atom stereocenters. The highest BCUT2D eigenvalue weighted by molar-refractivity contribution is 6.08. The smallest absolute Gasteiger partial charge is 0.250 e. The van der Waals surface area contributed by atoms with E-state index >= 15 is 0 Å². The molecule has 6 heteroatoms. The van der Waals surface area contributed by atoms with E-state index in [1.807, 2.05) is 47.0 Å². The number of nitrogens with zero attached hydrogens (tertiary/aromatic N) is 2. The summed E-state index contributed by atoms with van der Waals surface area (Å²) in [5.41, 5.74) is 8.78. The number of benzene rings is 3. The Kier molecular flexibility index (Phi) is 4.29. The quantitative estimate of drug-likeness (QED) is 0.500. The summed E-state index contributed by atoms with van der Waals surface area (Å²) in [7, 11) is 0. The van der Waals surface area contributed by atoms with Crippen LogP contribution in [0.5, 0.6) is 5.75 Å². The Balaban J connectivity index is 1.63. The molecule has 3 N–H and O–H groups in total. The number of amides is 2. The number of carbonyl (C=O) groups is 2. The molecule has 1 aliphatic heterocycles. The van der Waals surface area contributed by atoms with E-state index in [9.17, 15) is 14.7 Å². The second-order valence-electron chi connectivity index (χ2n) is 7.86. The van der Waals surface area contributed by atoms with E-state index in [4.69, 9.17) is 5.73 Å². The molecular weight excluding hydrogens is 390 g/mol. The lowest BCUT2D eigenvalue weighted by molar-refractivity contribution is -0.131. The molecule has 0 saturated carbocycles. The molecule has 6 nitrogen and oxygen atoms in total. The van der Waals surface area contributed by atoms with E-state index < -0.39 is 5.91 Å². The van der Waals surface area contributed by atoms with Crippen LogP contribution in [0.15, 0.2) is 73.4 Å². The summed E-state index contributed by atoms with van der Waals surface area (Å²) in [5, 5.41) is 12.9. The van der Waals surface area contributed by atoms with Gasteiger partial charge in [0.2, 0.25) is 5.91 Å². The molecule has 0 bridgehead atoms. The van der Waals surface area contributed by atoms with Gasteiger partial charge in [-0.3, -0.25) is 9.59 Å². The number of rotatable bonds is 4. The summed E-state index contributed by atoms with van der Waals surface area (Å²) in [6.07, 6.45) is 3.09. The first-order chi connectivity index (χ1) is 15.0. The molecule has 2 heterocycles. The summed E-state index contributed by atoms with van der Waals surface area (Å²) in [6, 6.07) is 17.3. The van der Waals surface area contributed by atoms with Crippen LogP contribution in [0.25, 0.3) is 32.8 Å². The minimum Gasteiger partial charge on any atom is -0.508 e. The molecule has 5 rings (SSSR count). The van der Waals surface area contributed by atoms with Crippen molar-refractivity contribution in [3.63, 3.8) is 0 Å². The SMILES string of the molecule is C=CC(=O)N1CC(n2cc(C(N)=O)c3cc(-c4cc(O)cc5ccccc45)ccc32)C1. The number of phenols is 1. The largest absolute Gasteiger partial charge is 0.508 e. The average molecular weight is 411 g/mol. The predicted octanol–water partition coefficient (Wildman–Crippen LogP) is 3.84.